The lowest BCUT2D eigenvalue weighted by molar-refractivity contribution is -0.140. The van der Waals surface area contributed by atoms with Crippen LogP contribution in [0.4, 0.5) is 5.69 Å². The van der Waals surface area contributed by atoms with Gasteiger partial charge in [-0.25, -0.2) is 8.42 Å². The number of nitrogens with zero attached hydrogens (tertiary/aromatic N) is 2. The summed E-state index contributed by atoms with van der Waals surface area (Å²) in [5, 5.41) is 4.16. The lowest BCUT2D eigenvalue weighted by atomic mass is 9.95. The molecule has 1 saturated carbocycles. The number of hydrogen-bond acceptors (Lipinski definition) is 4. The van der Waals surface area contributed by atoms with Crippen molar-refractivity contribution in [1.29, 1.82) is 0 Å². The van der Waals surface area contributed by atoms with Crippen LogP contribution in [-0.2, 0) is 26.2 Å². The highest BCUT2D eigenvalue weighted by Gasteiger charge is 2.33. The van der Waals surface area contributed by atoms with Crippen LogP contribution in [0.15, 0.2) is 36.4 Å². The van der Waals surface area contributed by atoms with Gasteiger partial charge in [-0.15, -0.1) is 0 Å². The average Bonchev–Trinajstić information content (AvgIpc) is 2.85. The third-order valence-electron chi connectivity index (χ3n) is 6.53. The van der Waals surface area contributed by atoms with Crippen molar-refractivity contribution in [2.75, 3.05) is 17.1 Å². The number of rotatable bonds is 10. The molecular formula is C26H31Cl4N3O4S. The summed E-state index contributed by atoms with van der Waals surface area (Å²) < 4.78 is 26.4. The number of sulfonamides is 1. The van der Waals surface area contributed by atoms with E-state index < -0.39 is 28.5 Å². The Bertz CT molecular complexity index is 1270. The molecule has 1 aliphatic carbocycles. The third kappa shape index (κ3) is 8.15. The highest BCUT2D eigenvalue weighted by Crippen LogP contribution is 2.31. The molecule has 208 valence electrons. The van der Waals surface area contributed by atoms with Crippen LogP contribution in [0.25, 0.3) is 0 Å². The van der Waals surface area contributed by atoms with Crippen LogP contribution in [0.3, 0.4) is 0 Å². The molecule has 1 N–H and O–H groups in total. The van der Waals surface area contributed by atoms with Crippen molar-refractivity contribution in [2.24, 2.45) is 0 Å². The molecule has 0 heterocycles. The maximum Gasteiger partial charge on any atom is 0.244 e. The number of carbonyl (C=O) groups excluding carboxylic acids is 2. The van der Waals surface area contributed by atoms with Crippen molar-refractivity contribution < 1.29 is 18.0 Å². The van der Waals surface area contributed by atoms with E-state index in [9.17, 15) is 18.0 Å². The minimum atomic E-state index is -3.92. The molecule has 1 fully saturated rings. The number of anilines is 1. The highest BCUT2D eigenvalue weighted by atomic mass is 35.5. The number of halogens is 4. The van der Waals surface area contributed by atoms with E-state index in [4.69, 9.17) is 46.4 Å². The zero-order chi connectivity index (χ0) is 28.0. The molecule has 1 atom stereocenters. The second-order valence-electron chi connectivity index (χ2n) is 9.40. The van der Waals surface area contributed by atoms with Gasteiger partial charge in [0.1, 0.15) is 12.6 Å². The predicted molar refractivity (Wildman–Crippen MR) is 155 cm³/mol. The normalized spacial score (nSPS) is 15.1. The number of nitrogens with one attached hydrogen (secondary N) is 1. The predicted octanol–water partition coefficient (Wildman–Crippen LogP) is 6.32. The first-order chi connectivity index (χ1) is 17.9. The summed E-state index contributed by atoms with van der Waals surface area (Å²) in [6.45, 7) is 1.28. The largest absolute Gasteiger partial charge is 0.352 e. The van der Waals surface area contributed by atoms with Crippen molar-refractivity contribution >= 4 is 73.9 Å². The van der Waals surface area contributed by atoms with Gasteiger partial charge in [0.05, 0.1) is 27.0 Å². The molecule has 0 spiro atoms. The molecule has 1 aliphatic rings. The summed E-state index contributed by atoms with van der Waals surface area (Å²) in [7, 11) is -3.92. The van der Waals surface area contributed by atoms with Crippen molar-refractivity contribution in [3.63, 3.8) is 0 Å². The molecule has 0 saturated heterocycles. The lowest BCUT2D eigenvalue weighted by Crippen LogP contribution is -2.54. The summed E-state index contributed by atoms with van der Waals surface area (Å²) >= 11 is 24.6. The molecule has 38 heavy (non-hydrogen) atoms. The maximum atomic E-state index is 13.8. The molecule has 2 aromatic carbocycles. The van der Waals surface area contributed by atoms with Crippen LogP contribution in [0.5, 0.6) is 0 Å². The Morgan fingerprint density at radius 1 is 0.974 bits per heavy atom. The van der Waals surface area contributed by atoms with Crippen LogP contribution in [0, 0.1) is 0 Å². The summed E-state index contributed by atoms with van der Waals surface area (Å²) in [5.74, 6) is -0.846. The topological polar surface area (TPSA) is 86.8 Å². The van der Waals surface area contributed by atoms with E-state index in [1.807, 2.05) is 6.92 Å². The molecule has 0 aliphatic heterocycles. The van der Waals surface area contributed by atoms with E-state index in [1.54, 1.807) is 18.2 Å². The first kappa shape index (κ1) is 30.8. The Balaban J connectivity index is 1.95. The number of amides is 2. The Hall–Kier alpha value is -1.71. The lowest BCUT2D eigenvalue weighted by Gasteiger charge is -2.34. The fraction of sp³-hybridized carbons (Fsp3) is 0.462. The Labute approximate surface area is 244 Å². The minimum Gasteiger partial charge on any atom is -0.352 e. The smallest absolute Gasteiger partial charge is 0.244 e. The van der Waals surface area contributed by atoms with E-state index in [2.05, 4.69) is 5.32 Å². The fourth-order valence-electron chi connectivity index (χ4n) is 4.58. The average molecular weight is 623 g/mol. The molecule has 0 bridgehead atoms. The fourth-order valence-corrected chi connectivity index (χ4v) is 6.32. The zero-order valence-corrected chi connectivity index (χ0v) is 25.1. The van der Waals surface area contributed by atoms with Gasteiger partial charge in [0, 0.05) is 17.6 Å². The van der Waals surface area contributed by atoms with Crippen molar-refractivity contribution in [3.8, 4) is 0 Å². The van der Waals surface area contributed by atoms with E-state index in [-0.39, 0.29) is 29.2 Å². The molecule has 0 radical (unpaired) electrons. The quantitative estimate of drug-likeness (QED) is 0.336. The zero-order valence-electron chi connectivity index (χ0n) is 21.2. The summed E-state index contributed by atoms with van der Waals surface area (Å²) in [6, 6.07) is 8.50. The van der Waals surface area contributed by atoms with Crippen molar-refractivity contribution in [1.82, 2.24) is 10.2 Å². The third-order valence-corrected chi connectivity index (χ3v) is 8.94. The van der Waals surface area contributed by atoms with Crippen LogP contribution in [0.2, 0.25) is 20.1 Å². The van der Waals surface area contributed by atoms with Gasteiger partial charge in [0.15, 0.2) is 0 Å². The molecule has 0 aromatic heterocycles. The second kappa shape index (κ2) is 13.6. The highest BCUT2D eigenvalue weighted by molar-refractivity contribution is 7.92. The van der Waals surface area contributed by atoms with Gasteiger partial charge >= 0.3 is 0 Å². The first-order valence-corrected chi connectivity index (χ1v) is 15.7. The molecule has 2 aromatic rings. The molecule has 3 rings (SSSR count). The molecule has 7 nitrogen and oxygen atoms in total. The maximum absolute atomic E-state index is 13.8. The monoisotopic (exact) mass is 621 g/mol. The van der Waals surface area contributed by atoms with E-state index in [1.165, 1.54) is 23.1 Å². The first-order valence-electron chi connectivity index (χ1n) is 12.4. The van der Waals surface area contributed by atoms with Gasteiger partial charge in [0.2, 0.25) is 21.8 Å². The van der Waals surface area contributed by atoms with E-state index >= 15 is 0 Å². The van der Waals surface area contributed by atoms with Crippen molar-refractivity contribution in [3.05, 3.63) is 62.1 Å². The minimum absolute atomic E-state index is 0.0261. The Morgan fingerprint density at radius 2 is 1.66 bits per heavy atom. The van der Waals surface area contributed by atoms with Gasteiger partial charge in [-0.05, 0) is 55.2 Å². The van der Waals surface area contributed by atoms with Gasteiger partial charge < -0.3 is 10.2 Å². The molecule has 12 heteroatoms. The number of benzene rings is 2. The molecular weight excluding hydrogens is 592 g/mol. The second-order valence-corrected chi connectivity index (χ2v) is 13.0. The van der Waals surface area contributed by atoms with Crippen LogP contribution in [0.1, 0.15) is 51.0 Å². The Kier molecular flexibility index (Phi) is 11.0. The van der Waals surface area contributed by atoms with Gasteiger partial charge in [-0.3, -0.25) is 13.9 Å². The van der Waals surface area contributed by atoms with Crippen LogP contribution < -0.4 is 9.62 Å². The van der Waals surface area contributed by atoms with Crippen LogP contribution in [-0.4, -0.2) is 50.0 Å². The molecule has 0 unspecified atom stereocenters. The van der Waals surface area contributed by atoms with Crippen molar-refractivity contribution in [2.45, 2.75) is 64.1 Å². The Morgan fingerprint density at radius 3 is 2.24 bits per heavy atom. The van der Waals surface area contributed by atoms with Gasteiger partial charge in [0.25, 0.3) is 0 Å². The van der Waals surface area contributed by atoms with Gasteiger partial charge in [-0.2, -0.15) is 0 Å². The molecule has 2 amide bonds. The standard InChI is InChI=1S/C26H31Cl4N3O4S/c1-3-23(26(35)31-19-7-5-4-6-8-19)32(15-17-9-11-20(28)21(29)13-17)25(34)16-33(38(2,36)37)24-12-10-18(27)14-22(24)30/h9-14,19,23H,3-8,15-16H2,1-2H3,(H,31,35)/t23-/m1/s1. The van der Waals surface area contributed by atoms with Gasteiger partial charge in [-0.1, -0.05) is 78.7 Å². The summed E-state index contributed by atoms with van der Waals surface area (Å²) in [6.07, 6.45) is 6.31. The summed E-state index contributed by atoms with van der Waals surface area (Å²) in [4.78, 5) is 28.6. The number of hydrogen-bond donors (Lipinski definition) is 1. The SMILES string of the molecule is CC[C@H](C(=O)NC1CCCCC1)N(Cc1ccc(Cl)c(Cl)c1)C(=O)CN(c1ccc(Cl)cc1Cl)S(C)(=O)=O. The summed E-state index contributed by atoms with van der Waals surface area (Å²) in [5.41, 5.74) is 0.758. The van der Waals surface area contributed by atoms with E-state index in [0.29, 0.717) is 27.1 Å². The van der Waals surface area contributed by atoms with E-state index in [0.717, 1.165) is 42.7 Å². The number of carbonyl (C=O) groups is 2. The van der Waals surface area contributed by atoms with Crippen LogP contribution >= 0.6 is 46.4 Å².